The predicted molar refractivity (Wildman–Crippen MR) is 122 cm³/mol. The van der Waals surface area contributed by atoms with Gasteiger partial charge < -0.3 is 24.1 Å². The zero-order chi connectivity index (χ0) is 25.0. The summed E-state index contributed by atoms with van der Waals surface area (Å²) in [6.45, 7) is 8.08. The van der Waals surface area contributed by atoms with Crippen LogP contribution < -0.4 is 0 Å². The molecule has 3 unspecified atom stereocenters. The van der Waals surface area contributed by atoms with Gasteiger partial charge in [0.05, 0.1) is 11.8 Å². The number of aliphatic carboxylic acids is 1. The van der Waals surface area contributed by atoms with Gasteiger partial charge in [0.15, 0.2) is 11.9 Å². The average molecular weight is 491 g/mol. The number of hydrogen-bond acceptors (Lipinski definition) is 7. The summed E-state index contributed by atoms with van der Waals surface area (Å²) >= 11 is 0. The quantitative estimate of drug-likeness (QED) is 0.578. The highest BCUT2D eigenvalue weighted by atomic mass is 16.8. The minimum atomic E-state index is -1.08. The van der Waals surface area contributed by atoms with E-state index in [4.69, 9.17) is 18.9 Å². The Morgan fingerprint density at radius 2 is 1.80 bits per heavy atom. The van der Waals surface area contributed by atoms with Gasteiger partial charge in [0.1, 0.15) is 6.10 Å². The lowest BCUT2D eigenvalue weighted by molar-refractivity contribution is -0.225. The van der Waals surface area contributed by atoms with Gasteiger partial charge in [-0.05, 0) is 80.5 Å². The predicted octanol–water partition coefficient (Wildman–Crippen LogP) is 4.05. The minimum absolute atomic E-state index is 0.0302. The topological polar surface area (TPSA) is 108 Å². The number of carboxylic acid groups (broad SMARTS) is 1. The van der Waals surface area contributed by atoms with E-state index in [1.165, 1.54) is 6.92 Å². The maximum atomic E-state index is 12.4. The van der Waals surface area contributed by atoms with Crippen molar-refractivity contribution in [1.82, 2.24) is 0 Å². The van der Waals surface area contributed by atoms with Gasteiger partial charge in [-0.25, -0.2) is 0 Å². The monoisotopic (exact) mass is 490 g/mol. The molecule has 2 bridgehead atoms. The van der Waals surface area contributed by atoms with Crippen molar-refractivity contribution in [3.63, 3.8) is 0 Å². The third kappa shape index (κ3) is 3.01. The van der Waals surface area contributed by atoms with Crippen molar-refractivity contribution < 1.29 is 38.4 Å². The molecule has 35 heavy (non-hydrogen) atoms. The maximum Gasteiger partial charge on any atom is 0.311 e. The molecule has 8 heteroatoms. The minimum Gasteiger partial charge on any atom is -0.481 e. The molecule has 3 saturated heterocycles. The number of fused-ring (bicyclic) bond motifs is 7. The van der Waals surface area contributed by atoms with Crippen LogP contribution in [-0.4, -0.2) is 47.3 Å². The van der Waals surface area contributed by atoms with Crippen LogP contribution in [0.4, 0.5) is 0 Å². The molecule has 194 valence electrons. The van der Waals surface area contributed by atoms with Crippen LogP contribution in [0.1, 0.15) is 85.5 Å². The molecule has 3 saturated carbocycles. The van der Waals surface area contributed by atoms with Gasteiger partial charge in [-0.15, -0.1) is 0 Å². The summed E-state index contributed by atoms with van der Waals surface area (Å²) in [5.74, 6) is -0.620. The molecule has 6 rings (SSSR count). The number of ether oxygens (including phenoxy) is 4. The molecule has 3 aliphatic heterocycles. The van der Waals surface area contributed by atoms with E-state index in [0.717, 1.165) is 44.9 Å². The summed E-state index contributed by atoms with van der Waals surface area (Å²) in [6.07, 6.45) is 5.16. The van der Waals surface area contributed by atoms with Gasteiger partial charge in [0.25, 0.3) is 0 Å². The second-order valence-electron chi connectivity index (χ2n) is 13.0. The molecule has 1 spiro atoms. The Balaban J connectivity index is 1.38. The number of esters is 2. The molecule has 6 fully saturated rings. The Bertz CT molecular complexity index is 965. The van der Waals surface area contributed by atoms with Crippen LogP contribution in [0.25, 0.3) is 0 Å². The van der Waals surface area contributed by atoms with Gasteiger partial charge in [0.2, 0.25) is 6.29 Å². The van der Waals surface area contributed by atoms with E-state index >= 15 is 0 Å². The van der Waals surface area contributed by atoms with E-state index in [0.29, 0.717) is 12.3 Å². The first-order chi connectivity index (χ1) is 16.4. The zero-order valence-electron chi connectivity index (χ0n) is 21.2. The first kappa shape index (κ1) is 23.7. The van der Waals surface area contributed by atoms with Crippen molar-refractivity contribution >= 4 is 17.9 Å². The summed E-state index contributed by atoms with van der Waals surface area (Å²) < 4.78 is 24.0. The van der Waals surface area contributed by atoms with Crippen molar-refractivity contribution in [2.24, 2.45) is 39.9 Å². The highest BCUT2D eigenvalue weighted by molar-refractivity contribution is 5.75. The lowest BCUT2D eigenvalue weighted by Gasteiger charge is -2.66. The number of hydrogen-bond donors (Lipinski definition) is 1. The maximum absolute atomic E-state index is 12.4. The molecular weight excluding hydrogens is 452 g/mol. The molecule has 0 aromatic heterocycles. The molecule has 3 heterocycles. The van der Waals surface area contributed by atoms with Crippen LogP contribution in [0, 0.1) is 39.9 Å². The molecule has 0 aromatic carbocycles. The van der Waals surface area contributed by atoms with Gasteiger partial charge in [-0.1, -0.05) is 20.3 Å². The van der Waals surface area contributed by atoms with Crippen LogP contribution in [0.15, 0.2) is 0 Å². The summed E-state index contributed by atoms with van der Waals surface area (Å²) in [5.41, 5.74) is -1.88. The van der Waals surface area contributed by atoms with E-state index in [1.807, 2.05) is 6.92 Å². The number of carbonyl (C=O) groups is 3. The van der Waals surface area contributed by atoms with Crippen molar-refractivity contribution in [3.05, 3.63) is 0 Å². The second-order valence-corrected chi connectivity index (χ2v) is 13.0. The highest BCUT2D eigenvalue weighted by Gasteiger charge is 2.71. The fourth-order valence-electron chi connectivity index (χ4n) is 10.0. The smallest absolute Gasteiger partial charge is 0.311 e. The third-order valence-corrected chi connectivity index (χ3v) is 11.5. The zero-order valence-corrected chi connectivity index (χ0v) is 21.2. The molecule has 3 aliphatic carbocycles. The molecular formula is C27H38O8. The first-order valence-electron chi connectivity index (χ1n) is 13.4. The van der Waals surface area contributed by atoms with Gasteiger partial charge in [-0.3, -0.25) is 14.4 Å². The molecule has 0 aromatic rings. The fraction of sp³-hybridized carbons (Fsp3) is 0.889. The lowest BCUT2D eigenvalue weighted by atomic mass is 9.38. The first-order valence-corrected chi connectivity index (χ1v) is 13.4. The second kappa shape index (κ2) is 7.44. The van der Waals surface area contributed by atoms with Gasteiger partial charge in [-0.2, -0.15) is 0 Å². The molecule has 1 N–H and O–H groups in total. The van der Waals surface area contributed by atoms with E-state index < -0.39 is 41.6 Å². The van der Waals surface area contributed by atoms with Crippen LogP contribution in [-0.2, 0) is 33.3 Å². The number of carbonyl (C=O) groups excluding carboxylic acids is 2. The highest BCUT2D eigenvalue weighted by Crippen LogP contribution is 2.71. The Kier molecular flexibility index (Phi) is 5.04. The van der Waals surface area contributed by atoms with Crippen molar-refractivity contribution in [2.75, 3.05) is 0 Å². The van der Waals surface area contributed by atoms with Crippen molar-refractivity contribution in [1.29, 1.82) is 0 Å². The normalized spacial score (nSPS) is 54.4. The molecule has 6 aliphatic rings. The molecule has 11 atom stereocenters. The van der Waals surface area contributed by atoms with Crippen LogP contribution in [0.5, 0.6) is 0 Å². The summed E-state index contributed by atoms with van der Waals surface area (Å²) in [4.78, 5) is 36.8. The van der Waals surface area contributed by atoms with E-state index in [2.05, 4.69) is 13.8 Å². The summed E-state index contributed by atoms with van der Waals surface area (Å²) in [6, 6.07) is 0. The lowest BCUT2D eigenvalue weighted by Crippen LogP contribution is -2.62. The molecule has 0 radical (unpaired) electrons. The van der Waals surface area contributed by atoms with Crippen molar-refractivity contribution in [2.45, 2.75) is 110 Å². The van der Waals surface area contributed by atoms with E-state index in [9.17, 15) is 19.5 Å². The van der Waals surface area contributed by atoms with Gasteiger partial charge in [0, 0.05) is 12.8 Å². The Labute approximate surface area is 206 Å². The SMILES string of the molecule is CC(=O)O[C@@H]1C[C@@H]2[C@H](CCC3[C@@]4(C)CCC[C@](C)(C(=O)O)C4CC[C@]32C)[C@@H]2O[C@H]3OC(=O)CC31O2. The van der Waals surface area contributed by atoms with E-state index in [1.54, 1.807) is 0 Å². The van der Waals surface area contributed by atoms with Gasteiger partial charge >= 0.3 is 17.9 Å². The standard InChI is InChI=1S/C27H38O8/c1-14(28)32-19-12-16-15(21-34-23-27(19,35-21)13-20(29)33-23)6-7-17-24(16,2)11-8-18-25(17,3)9-5-10-26(18,4)22(30)31/h15-19,21,23H,5-13H2,1-4H3,(H,30,31)/t15-,16+,17?,18?,19+,21+,23+,24-,25+,26-,27?/m0/s1. The average Bonchev–Trinajstić information content (AvgIpc) is 3.21. The summed E-state index contributed by atoms with van der Waals surface area (Å²) in [5, 5.41) is 10.2. The Morgan fingerprint density at radius 1 is 1.03 bits per heavy atom. The van der Waals surface area contributed by atoms with Crippen LogP contribution in [0.2, 0.25) is 0 Å². The third-order valence-electron chi connectivity index (χ3n) is 11.5. The fourth-order valence-corrected chi connectivity index (χ4v) is 10.0. The molecule has 0 amide bonds. The van der Waals surface area contributed by atoms with Crippen molar-refractivity contribution in [3.8, 4) is 0 Å². The Hall–Kier alpha value is -1.67. The Morgan fingerprint density at radius 3 is 2.51 bits per heavy atom. The largest absolute Gasteiger partial charge is 0.481 e. The number of rotatable bonds is 2. The van der Waals surface area contributed by atoms with Crippen LogP contribution >= 0.6 is 0 Å². The van der Waals surface area contributed by atoms with E-state index in [-0.39, 0.29) is 41.0 Å². The number of carboxylic acids is 1. The van der Waals surface area contributed by atoms with Crippen LogP contribution in [0.3, 0.4) is 0 Å². The molecule has 8 nitrogen and oxygen atoms in total. The summed E-state index contributed by atoms with van der Waals surface area (Å²) in [7, 11) is 0.